The number of pyridine rings is 1. The van der Waals surface area contributed by atoms with Gasteiger partial charge in [-0.25, -0.2) is 26.5 Å². The maximum absolute atomic E-state index is 11.8. The molecule has 2 rings (SSSR count). The Labute approximate surface area is 119 Å². The van der Waals surface area contributed by atoms with Crippen LogP contribution in [0.15, 0.2) is 23.4 Å². The molecule has 0 aliphatic heterocycles. The number of sulfone groups is 1. The van der Waals surface area contributed by atoms with Crippen LogP contribution in [0.2, 0.25) is 0 Å². The van der Waals surface area contributed by atoms with Gasteiger partial charge < -0.3 is 0 Å². The van der Waals surface area contributed by atoms with Crippen molar-refractivity contribution in [1.82, 2.24) is 9.71 Å². The van der Waals surface area contributed by atoms with E-state index in [-0.39, 0.29) is 23.2 Å². The molecule has 0 unspecified atom stereocenters. The Morgan fingerprint density at radius 3 is 2.40 bits per heavy atom. The van der Waals surface area contributed by atoms with Crippen molar-refractivity contribution < 1.29 is 16.8 Å². The van der Waals surface area contributed by atoms with Gasteiger partial charge in [-0.3, -0.25) is 0 Å². The number of hydrogen-bond donors (Lipinski definition) is 1. The second-order valence-electron chi connectivity index (χ2n) is 5.18. The third-order valence-electron chi connectivity index (χ3n) is 3.35. The maximum Gasteiger partial charge on any atom is 0.212 e. The number of nitrogens with one attached hydrogen (secondary N) is 1. The summed E-state index contributed by atoms with van der Waals surface area (Å²) in [5, 5.41) is -0.0152. The van der Waals surface area contributed by atoms with Crippen molar-refractivity contribution in [1.29, 1.82) is 0 Å². The van der Waals surface area contributed by atoms with Crippen LogP contribution in [0.5, 0.6) is 0 Å². The first-order valence-electron chi connectivity index (χ1n) is 6.38. The summed E-state index contributed by atoms with van der Waals surface area (Å²) in [6, 6.07) is 2.94. The standard InChI is InChI=1S/C12H18N2O4S2/c1-19(15,16)12-6-5-11(7-13-12)8-14-20(17,18)9-10-3-2-4-10/h5-7,10,14H,2-4,8-9H2,1H3. The topological polar surface area (TPSA) is 93.2 Å². The van der Waals surface area contributed by atoms with Crippen LogP contribution >= 0.6 is 0 Å². The first-order valence-corrected chi connectivity index (χ1v) is 9.93. The maximum atomic E-state index is 11.8. The first-order chi connectivity index (χ1) is 9.26. The molecular formula is C12H18N2O4S2. The van der Waals surface area contributed by atoms with E-state index in [2.05, 4.69) is 9.71 Å². The van der Waals surface area contributed by atoms with Crippen LogP contribution in [0.1, 0.15) is 24.8 Å². The van der Waals surface area contributed by atoms with Crippen LogP contribution in [0.25, 0.3) is 0 Å². The quantitative estimate of drug-likeness (QED) is 0.833. The highest BCUT2D eigenvalue weighted by atomic mass is 32.2. The van der Waals surface area contributed by atoms with Crippen LogP contribution in [-0.4, -0.2) is 33.8 Å². The van der Waals surface area contributed by atoms with Crippen molar-refractivity contribution in [2.45, 2.75) is 30.8 Å². The summed E-state index contributed by atoms with van der Waals surface area (Å²) in [5.74, 6) is 0.445. The molecule has 0 atom stereocenters. The van der Waals surface area contributed by atoms with E-state index in [0.29, 0.717) is 5.56 Å². The van der Waals surface area contributed by atoms with Crippen molar-refractivity contribution in [3.8, 4) is 0 Å². The van der Waals surface area contributed by atoms with Gasteiger partial charge in [0.15, 0.2) is 14.9 Å². The minimum atomic E-state index is -3.32. The van der Waals surface area contributed by atoms with Gasteiger partial charge in [0.05, 0.1) is 5.75 Å². The lowest BCUT2D eigenvalue weighted by Gasteiger charge is -2.24. The molecule has 0 aromatic carbocycles. The fourth-order valence-corrected chi connectivity index (χ4v) is 3.97. The van der Waals surface area contributed by atoms with Gasteiger partial charge in [0.1, 0.15) is 0 Å². The molecule has 6 nitrogen and oxygen atoms in total. The Morgan fingerprint density at radius 2 is 1.95 bits per heavy atom. The fourth-order valence-electron chi connectivity index (χ4n) is 1.96. The second-order valence-corrected chi connectivity index (χ2v) is 8.99. The van der Waals surface area contributed by atoms with Crippen LogP contribution in [0.3, 0.4) is 0 Å². The minimum Gasteiger partial charge on any atom is -0.244 e. The van der Waals surface area contributed by atoms with E-state index < -0.39 is 19.9 Å². The molecule has 8 heteroatoms. The molecule has 1 aromatic heterocycles. The average molecular weight is 318 g/mol. The molecule has 1 fully saturated rings. The van der Waals surface area contributed by atoms with Crippen molar-refractivity contribution in [3.63, 3.8) is 0 Å². The predicted molar refractivity (Wildman–Crippen MR) is 75.3 cm³/mol. The monoisotopic (exact) mass is 318 g/mol. The Hall–Kier alpha value is -0.990. The highest BCUT2D eigenvalue weighted by Gasteiger charge is 2.24. The van der Waals surface area contributed by atoms with Gasteiger partial charge >= 0.3 is 0 Å². The Morgan fingerprint density at radius 1 is 1.25 bits per heavy atom. The van der Waals surface area contributed by atoms with Crippen LogP contribution < -0.4 is 4.72 Å². The molecule has 0 radical (unpaired) electrons. The van der Waals surface area contributed by atoms with Crippen LogP contribution in [-0.2, 0) is 26.4 Å². The summed E-state index contributed by atoms with van der Waals surface area (Å²) in [6.07, 6.45) is 5.52. The van der Waals surface area contributed by atoms with Gasteiger partial charge in [-0.15, -0.1) is 0 Å². The highest BCUT2D eigenvalue weighted by molar-refractivity contribution is 7.90. The molecule has 112 valence electrons. The lowest BCUT2D eigenvalue weighted by Crippen LogP contribution is -2.31. The molecule has 1 aliphatic rings. The molecule has 0 spiro atoms. The summed E-state index contributed by atoms with van der Waals surface area (Å²) in [7, 11) is -6.60. The van der Waals surface area contributed by atoms with E-state index in [1.807, 2.05) is 0 Å². The summed E-state index contributed by atoms with van der Waals surface area (Å²) in [6.45, 7) is 0.131. The van der Waals surface area contributed by atoms with Crippen molar-refractivity contribution in [2.24, 2.45) is 5.92 Å². The molecule has 20 heavy (non-hydrogen) atoms. The van der Waals surface area contributed by atoms with Gasteiger partial charge in [0.25, 0.3) is 0 Å². The van der Waals surface area contributed by atoms with E-state index in [0.717, 1.165) is 25.5 Å². The minimum absolute atomic E-state index is 0.0152. The zero-order chi connectivity index (χ0) is 14.8. The van der Waals surface area contributed by atoms with Crippen molar-refractivity contribution >= 4 is 19.9 Å². The summed E-state index contributed by atoms with van der Waals surface area (Å²) in [4.78, 5) is 3.82. The molecule has 0 saturated heterocycles. The lowest BCUT2D eigenvalue weighted by atomic mass is 9.87. The Bertz CT molecular complexity index is 662. The number of aromatic nitrogens is 1. The summed E-state index contributed by atoms with van der Waals surface area (Å²) in [5.41, 5.74) is 0.634. The molecule has 1 aromatic rings. The van der Waals surface area contributed by atoms with Crippen molar-refractivity contribution in [2.75, 3.05) is 12.0 Å². The first kappa shape index (κ1) is 15.4. The smallest absolute Gasteiger partial charge is 0.212 e. The SMILES string of the molecule is CS(=O)(=O)c1ccc(CNS(=O)(=O)CC2CCC2)cn1. The molecule has 1 saturated carbocycles. The number of nitrogens with zero attached hydrogens (tertiary/aromatic N) is 1. The predicted octanol–water partition coefficient (Wildman–Crippen LogP) is 0.705. The summed E-state index contributed by atoms with van der Waals surface area (Å²) >= 11 is 0. The van der Waals surface area contributed by atoms with E-state index in [4.69, 9.17) is 0 Å². The normalized spacial score (nSPS) is 16.9. The zero-order valence-electron chi connectivity index (χ0n) is 11.2. The molecular weight excluding hydrogens is 300 g/mol. The zero-order valence-corrected chi connectivity index (χ0v) is 12.9. The van der Waals surface area contributed by atoms with E-state index >= 15 is 0 Å². The van der Waals surface area contributed by atoms with Gasteiger partial charge in [-0.1, -0.05) is 12.5 Å². The Balaban J connectivity index is 1.93. The number of sulfonamides is 1. The fraction of sp³-hybridized carbons (Fsp3) is 0.583. The molecule has 1 aliphatic carbocycles. The second kappa shape index (κ2) is 5.79. The molecule has 0 bridgehead atoms. The Kier molecular flexibility index (Phi) is 4.46. The molecule has 1 heterocycles. The van der Waals surface area contributed by atoms with Gasteiger partial charge in [-0.2, -0.15) is 0 Å². The molecule has 1 N–H and O–H groups in total. The van der Waals surface area contributed by atoms with Crippen molar-refractivity contribution in [3.05, 3.63) is 23.9 Å². The van der Waals surface area contributed by atoms with Gasteiger partial charge in [0.2, 0.25) is 10.0 Å². The van der Waals surface area contributed by atoms with E-state index in [1.165, 1.54) is 12.3 Å². The third-order valence-corrected chi connectivity index (χ3v) is 5.85. The average Bonchev–Trinajstić information content (AvgIpc) is 2.31. The van der Waals surface area contributed by atoms with Gasteiger partial charge in [0, 0.05) is 19.0 Å². The lowest BCUT2D eigenvalue weighted by molar-refractivity contribution is 0.346. The van der Waals surface area contributed by atoms with Gasteiger partial charge in [-0.05, 0) is 30.4 Å². The third kappa shape index (κ3) is 4.26. The molecule has 0 amide bonds. The van der Waals surface area contributed by atoms with Crippen LogP contribution in [0.4, 0.5) is 0 Å². The largest absolute Gasteiger partial charge is 0.244 e. The van der Waals surface area contributed by atoms with E-state index in [1.54, 1.807) is 6.07 Å². The van der Waals surface area contributed by atoms with Crippen LogP contribution in [0, 0.1) is 5.92 Å². The number of hydrogen-bond acceptors (Lipinski definition) is 5. The number of rotatable bonds is 6. The summed E-state index contributed by atoms with van der Waals surface area (Å²) < 4.78 is 48.6. The highest BCUT2D eigenvalue weighted by Crippen LogP contribution is 2.27. The van der Waals surface area contributed by atoms with E-state index in [9.17, 15) is 16.8 Å².